The number of amides is 1. The molecule has 1 aromatic heterocycles. The van der Waals surface area contributed by atoms with Crippen LogP contribution < -0.4 is 5.32 Å². The minimum absolute atomic E-state index is 0.0271. The SMILES string of the molecule is CC(C)(C)c1nnsc1C(=O)NCC1(CCBr)CC1. The Hall–Kier alpha value is -0.490. The molecule has 19 heavy (non-hydrogen) atoms. The zero-order valence-corrected chi connectivity index (χ0v) is 14.0. The zero-order valence-electron chi connectivity index (χ0n) is 11.6. The average Bonchev–Trinajstić information content (AvgIpc) is 2.91. The Kier molecular flexibility index (Phi) is 4.30. The van der Waals surface area contributed by atoms with Crippen LogP contribution in [0.1, 0.15) is 55.4 Å². The van der Waals surface area contributed by atoms with Gasteiger partial charge in [-0.25, -0.2) is 0 Å². The van der Waals surface area contributed by atoms with Crippen molar-refractivity contribution in [2.24, 2.45) is 5.41 Å². The van der Waals surface area contributed by atoms with E-state index in [1.54, 1.807) is 0 Å². The Labute approximate surface area is 126 Å². The Bertz CT molecular complexity index is 463. The summed E-state index contributed by atoms with van der Waals surface area (Å²) in [6.07, 6.45) is 3.55. The van der Waals surface area contributed by atoms with Gasteiger partial charge in [-0.05, 0) is 36.2 Å². The van der Waals surface area contributed by atoms with Crippen molar-refractivity contribution in [2.45, 2.75) is 45.4 Å². The van der Waals surface area contributed by atoms with E-state index in [-0.39, 0.29) is 11.3 Å². The molecule has 1 amide bonds. The maximum absolute atomic E-state index is 12.3. The third-order valence-electron chi connectivity index (χ3n) is 3.61. The van der Waals surface area contributed by atoms with E-state index in [2.05, 4.69) is 30.8 Å². The van der Waals surface area contributed by atoms with E-state index in [9.17, 15) is 4.79 Å². The molecule has 1 aromatic rings. The van der Waals surface area contributed by atoms with E-state index in [4.69, 9.17) is 0 Å². The molecular formula is C13H20BrN3OS. The molecule has 106 valence electrons. The molecule has 1 N–H and O–H groups in total. The molecule has 6 heteroatoms. The first kappa shape index (κ1) is 14.9. The molecule has 2 rings (SSSR count). The first-order valence-electron chi connectivity index (χ1n) is 6.55. The number of nitrogens with one attached hydrogen (secondary N) is 1. The van der Waals surface area contributed by atoms with Crippen LogP contribution in [0.25, 0.3) is 0 Å². The highest BCUT2D eigenvalue weighted by molar-refractivity contribution is 9.09. The standard InChI is InChI=1S/C13H20BrN3OS/c1-12(2,3)10-9(19-17-16-10)11(18)15-8-13(4-5-13)6-7-14/h4-8H2,1-3H3,(H,15,18). The van der Waals surface area contributed by atoms with Crippen LogP contribution >= 0.6 is 27.5 Å². The fraction of sp³-hybridized carbons (Fsp3) is 0.769. The van der Waals surface area contributed by atoms with Gasteiger partial charge in [0, 0.05) is 17.3 Å². The molecule has 0 unspecified atom stereocenters. The molecule has 1 aliphatic rings. The van der Waals surface area contributed by atoms with Crippen molar-refractivity contribution in [3.63, 3.8) is 0 Å². The summed E-state index contributed by atoms with van der Waals surface area (Å²) in [6.45, 7) is 6.91. The van der Waals surface area contributed by atoms with Crippen LogP contribution in [0.4, 0.5) is 0 Å². The van der Waals surface area contributed by atoms with Gasteiger partial charge >= 0.3 is 0 Å². The summed E-state index contributed by atoms with van der Waals surface area (Å²) < 4.78 is 3.93. The molecule has 0 bridgehead atoms. The van der Waals surface area contributed by atoms with Crippen molar-refractivity contribution in [2.75, 3.05) is 11.9 Å². The second-order valence-corrected chi connectivity index (χ2v) is 7.87. The first-order chi connectivity index (χ1) is 8.88. The molecule has 1 aliphatic carbocycles. The third kappa shape index (κ3) is 3.54. The highest BCUT2D eigenvalue weighted by atomic mass is 79.9. The van der Waals surface area contributed by atoms with Gasteiger partial charge in [0.05, 0.1) is 5.69 Å². The maximum Gasteiger partial charge on any atom is 0.264 e. The molecule has 0 radical (unpaired) electrons. The van der Waals surface area contributed by atoms with Crippen molar-refractivity contribution in [3.8, 4) is 0 Å². The van der Waals surface area contributed by atoms with Crippen LogP contribution in [-0.4, -0.2) is 27.4 Å². The number of carbonyl (C=O) groups excluding carboxylic acids is 1. The van der Waals surface area contributed by atoms with Crippen LogP contribution in [0.2, 0.25) is 0 Å². The van der Waals surface area contributed by atoms with Gasteiger partial charge in [0.2, 0.25) is 0 Å². The molecule has 0 saturated heterocycles. The monoisotopic (exact) mass is 345 g/mol. The Balaban J connectivity index is 1.99. The predicted molar refractivity (Wildman–Crippen MR) is 81.0 cm³/mol. The van der Waals surface area contributed by atoms with Crippen molar-refractivity contribution in [1.29, 1.82) is 0 Å². The minimum Gasteiger partial charge on any atom is -0.351 e. The summed E-state index contributed by atoms with van der Waals surface area (Å²) >= 11 is 4.66. The molecule has 1 heterocycles. The largest absolute Gasteiger partial charge is 0.351 e. The highest BCUT2D eigenvalue weighted by Crippen LogP contribution is 2.48. The third-order valence-corrected chi connectivity index (χ3v) is 4.73. The molecule has 0 aromatic carbocycles. The number of rotatable bonds is 5. The quantitative estimate of drug-likeness (QED) is 0.834. The van der Waals surface area contributed by atoms with Gasteiger partial charge in [-0.3, -0.25) is 4.79 Å². The van der Waals surface area contributed by atoms with Gasteiger partial charge in [-0.15, -0.1) is 5.10 Å². The number of aromatic nitrogens is 2. The second-order valence-electron chi connectivity index (χ2n) is 6.32. The first-order valence-corrected chi connectivity index (χ1v) is 8.44. The van der Waals surface area contributed by atoms with E-state index in [1.807, 2.05) is 20.8 Å². The molecule has 1 saturated carbocycles. The van der Waals surface area contributed by atoms with Crippen LogP contribution in [0.3, 0.4) is 0 Å². The van der Waals surface area contributed by atoms with Gasteiger partial charge in [0.25, 0.3) is 5.91 Å². The van der Waals surface area contributed by atoms with Crippen LogP contribution in [-0.2, 0) is 5.41 Å². The van der Waals surface area contributed by atoms with Gasteiger partial charge in [0.15, 0.2) is 0 Å². The second kappa shape index (κ2) is 5.48. The predicted octanol–water partition coefficient (Wildman–Crippen LogP) is 3.13. The maximum atomic E-state index is 12.3. The Morgan fingerprint density at radius 2 is 2.16 bits per heavy atom. The summed E-state index contributed by atoms with van der Waals surface area (Å²) in [5.74, 6) is -0.0271. The lowest BCUT2D eigenvalue weighted by Gasteiger charge is -2.17. The summed E-state index contributed by atoms with van der Waals surface area (Å²) in [5.41, 5.74) is 0.978. The van der Waals surface area contributed by atoms with Crippen LogP contribution in [0.5, 0.6) is 0 Å². The molecule has 0 atom stereocenters. The van der Waals surface area contributed by atoms with E-state index in [0.29, 0.717) is 10.3 Å². The van der Waals surface area contributed by atoms with Crippen molar-refractivity contribution in [3.05, 3.63) is 10.6 Å². The Morgan fingerprint density at radius 3 is 2.68 bits per heavy atom. The normalized spacial score (nSPS) is 17.3. The number of halogens is 1. The van der Waals surface area contributed by atoms with Crippen molar-refractivity contribution >= 4 is 33.4 Å². The molecular weight excluding hydrogens is 326 g/mol. The fourth-order valence-corrected chi connectivity index (χ4v) is 3.70. The molecule has 1 fully saturated rings. The molecule has 4 nitrogen and oxygen atoms in total. The molecule has 0 aliphatic heterocycles. The highest BCUT2D eigenvalue weighted by Gasteiger charge is 2.42. The van der Waals surface area contributed by atoms with Crippen LogP contribution in [0, 0.1) is 5.41 Å². The summed E-state index contributed by atoms with van der Waals surface area (Å²) in [5, 5.41) is 8.16. The lowest BCUT2D eigenvalue weighted by molar-refractivity contribution is 0.0946. The van der Waals surface area contributed by atoms with Crippen molar-refractivity contribution in [1.82, 2.24) is 14.9 Å². The van der Waals surface area contributed by atoms with Gasteiger partial charge in [-0.2, -0.15) is 0 Å². The van der Waals surface area contributed by atoms with E-state index >= 15 is 0 Å². The van der Waals surface area contributed by atoms with E-state index in [0.717, 1.165) is 24.0 Å². The Morgan fingerprint density at radius 1 is 1.47 bits per heavy atom. The fourth-order valence-electron chi connectivity index (χ4n) is 2.07. The van der Waals surface area contributed by atoms with Crippen molar-refractivity contribution < 1.29 is 4.79 Å². The van der Waals surface area contributed by atoms with Crippen LogP contribution in [0.15, 0.2) is 0 Å². The number of alkyl halides is 1. The number of nitrogens with zero attached hydrogens (tertiary/aromatic N) is 2. The van der Waals surface area contributed by atoms with Gasteiger partial charge in [0.1, 0.15) is 4.88 Å². The number of carbonyl (C=O) groups is 1. The van der Waals surface area contributed by atoms with Gasteiger partial charge in [-0.1, -0.05) is 41.2 Å². The lowest BCUT2D eigenvalue weighted by Crippen LogP contribution is -2.31. The molecule has 0 spiro atoms. The zero-order chi connectivity index (χ0) is 14.1. The summed E-state index contributed by atoms with van der Waals surface area (Å²) in [7, 11) is 0. The van der Waals surface area contributed by atoms with E-state index in [1.165, 1.54) is 24.4 Å². The number of hydrogen-bond donors (Lipinski definition) is 1. The van der Waals surface area contributed by atoms with Gasteiger partial charge < -0.3 is 5.32 Å². The van der Waals surface area contributed by atoms with E-state index < -0.39 is 0 Å². The topological polar surface area (TPSA) is 54.9 Å². The number of hydrogen-bond acceptors (Lipinski definition) is 4. The summed E-state index contributed by atoms with van der Waals surface area (Å²) in [4.78, 5) is 12.9. The summed E-state index contributed by atoms with van der Waals surface area (Å²) in [6, 6.07) is 0. The smallest absolute Gasteiger partial charge is 0.264 e. The average molecular weight is 346 g/mol. The minimum atomic E-state index is -0.146. The lowest BCUT2D eigenvalue weighted by atomic mass is 9.91.